The summed E-state index contributed by atoms with van der Waals surface area (Å²) in [6, 6.07) is 0. The van der Waals surface area contributed by atoms with Gasteiger partial charge in [0.15, 0.2) is 0 Å². The number of esters is 2. The third kappa shape index (κ3) is 73.2. The molecule has 8 nitrogen and oxygen atoms in total. The topological polar surface area (TPSA) is 133 Å². The van der Waals surface area contributed by atoms with Gasteiger partial charge in [-0.15, -0.1) is 0 Å². The maximum atomic E-state index is 12.3. The van der Waals surface area contributed by atoms with E-state index in [1.165, 1.54) is 283 Å². The Hall–Kier alpha value is -0.860. The number of carboxylic acids is 2. The van der Waals surface area contributed by atoms with Crippen LogP contribution in [0.3, 0.4) is 0 Å². The van der Waals surface area contributed by atoms with Crippen LogP contribution in [0, 0.1) is 0 Å². The summed E-state index contributed by atoms with van der Waals surface area (Å²) in [5.41, 5.74) is 0. The molecule has 0 radical (unpaired) electrons. The van der Waals surface area contributed by atoms with Gasteiger partial charge in [0.1, 0.15) is 12.2 Å². The first-order valence-electron chi connectivity index (χ1n) is 35.0. The third-order valence-electron chi connectivity index (χ3n) is 16.2. The summed E-state index contributed by atoms with van der Waals surface area (Å²) in [4.78, 5) is 46.6. The molecule has 0 amide bonds. The van der Waals surface area contributed by atoms with Crippen LogP contribution in [0.4, 0.5) is 0 Å². The van der Waals surface area contributed by atoms with Crippen LogP contribution < -0.4 is 10.2 Å². The zero-order valence-corrected chi connectivity index (χ0v) is 55.8. The molecule has 2 atom stereocenters. The van der Waals surface area contributed by atoms with Crippen molar-refractivity contribution in [1.82, 2.24) is 0 Å². The van der Waals surface area contributed by atoms with E-state index in [9.17, 15) is 29.4 Å². The van der Waals surface area contributed by atoms with E-state index >= 15 is 0 Å². The Bertz CT molecular complexity index is 1140. The first-order valence-corrected chi connectivity index (χ1v) is 35.0. The van der Waals surface area contributed by atoms with Crippen LogP contribution in [0.25, 0.3) is 0 Å². The second kappa shape index (κ2) is 71.4. The molecule has 0 bridgehead atoms. The zero-order valence-electron chi connectivity index (χ0n) is 53.6. The second-order valence-corrected chi connectivity index (χ2v) is 24.1. The number of hydrogen-bond donors (Lipinski definition) is 0. The van der Waals surface area contributed by atoms with E-state index in [1.54, 1.807) is 0 Å². The van der Waals surface area contributed by atoms with Crippen molar-refractivity contribution in [2.24, 2.45) is 0 Å². The van der Waals surface area contributed by atoms with Crippen LogP contribution in [0.5, 0.6) is 0 Å². The van der Waals surface area contributed by atoms with Crippen molar-refractivity contribution in [3.8, 4) is 0 Å². The number of aliphatic carboxylic acids is 2. The molecule has 0 aromatic heterocycles. The summed E-state index contributed by atoms with van der Waals surface area (Å²) < 4.78 is 11.4. The number of ether oxygens (including phenoxy) is 2. The SMILES string of the molecule is CCCCCCCCCCCCCCCCC(=O)OC(CCCCCCCCCCCCCC)CCC(=O)[O-].CCCCCCCCCCCCCCCCC(=O)OC(CCCCCCCCCCCCCC)CCC(=O)[O-].[Ca+2]. The molecule has 0 aliphatic rings. The molecule has 464 valence electrons. The number of rotatable bonds is 64. The van der Waals surface area contributed by atoms with E-state index in [2.05, 4.69) is 27.7 Å². The number of carbonyl (C=O) groups excluding carboxylic acids is 4. The summed E-state index contributed by atoms with van der Waals surface area (Å²) in [5.74, 6) is -2.43. The van der Waals surface area contributed by atoms with Gasteiger partial charge in [0, 0.05) is 24.8 Å². The van der Waals surface area contributed by atoms with Gasteiger partial charge < -0.3 is 29.3 Å². The molecular weight excluding hydrogens is 1010 g/mol. The van der Waals surface area contributed by atoms with Crippen LogP contribution in [0.1, 0.15) is 413 Å². The number of unbranched alkanes of at least 4 members (excludes halogenated alkanes) is 48. The van der Waals surface area contributed by atoms with Gasteiger partial charge >= 0.3 is 49.7 Å². The van der Waals surface area contributed by atoms with E-state index in [-0.39, 0.29) is 74.7 Å². The minimum Gasteiger partial charge on any atom is -0.550 e. The fourth-order valence-corrected chi connectivity index (χ4v) is 10.9. The molecule has 0 spiro atoms. The van der Waals surface area contributed by atoms with Gasteiger partial charge in [0.05, 0.1) is 0 Å². The molecule has 0 aliphatic heterocycles. The maximum absolute atomic E-state index is 12.3. The average molecular weight is 1140 g/mol. The molecular formula is C70H134CaO8. The van der Waals surface area contributed by atoms with Gasteiger partial charge in [-0.25, -0.2) is 0 Å². The van der Waals surface area contributed by atoms with Gasteiger partial charge in [-0.2, -0.15) is 0 Å². The number of carboxylic acid groups (broad SMARTS) is 2. The summed E-state index contributed by atoms with van der Waals surface area (Å²) in [6.45, 7) is 9.06. The Kier molecular flexibility index (Phi) is 74.4. The molecule has 79 heavy (non-hydrogen) atoms. The normalized spacial score (nSPS) is 11.9. The van der Waals surface area contributed by atoms with E-state index in [0.29, 0.717) is 25.7 Å². The molecule has 9 heteroatoms. The van der Waals surface area contributed by atoms with Gasteiger partial charge in [0.25, 0.3) is 0 Å². The van der Waals surface area contributed by atoms with Crippen LogP contribution >= 0.6 is 0 Å². The van der Waals surface area contributed by atoms with Crippen molar-refractivity contribution in [1.29, 1.82) is 0 Å². The van der Waals surface area contributed by atoms with Crippen molar-refractivity contribution in [3.63, 3.8) is 0 Å². The fourth-order valence-electron chi connectivity index (χ4n) is 10.9. The smallest absolute Gasteiger partial charge is 0.550 e. The quantitative estimate of drug-likeness (QED) is 0.0334. The standard InChI is InChI=1S/2C35H68O4.Ca/c2*1-3-5-7-9-11-13-15-17-18-20-22-24-26-28-30-35(38)39-33(31-32-34(36)37)29-27-25-23-21-19-16-14-12-10-8-6-4-2;/h2*33H,3-32H2,1-2H3,(H,36,37);/q;;+2/p-2. The molecule has 0 saturated heterocycles. The van der Waals surface area contributed by atoms with Crippen molar-refractivity contribution in [2.75, 3.05) is 0 Å². The van der Waals surface area contributed by atoms with Crippen molar-refractivity contribution < 1.29 is 38.9 Å². The van der Waals surface area contributed by atoms with E-state index in [0.717, 1.165) is 64.2 Å². The van der Waals surface area contributed by atoms with Gasteiger partial charge in [-0.1, -0.05) is 336 Å². The van der Waals surface area contributed by atoms with Crippen molar-refractivity contribution in [3.05, 3.63) is 0 Å². The fraction of sp³-hybridized carbons (Fsp3) is 0.943. The molecule has 0 saturated carbocycles. The van der Waals surface area contributed by atoms with Crippen LogP contribution in [0.15, 0.2) is 0 Å². The van der Waals surface area contributed by atoms with Gasteiger partial charge in [-0.05, 0) is 64.2 Å². The molecule has 0 N–H and O–H groups in total. The van der Waals surface area contributed by atoms with Crippen LogP contribution in [-0.2, 0) is 28.7 Å². The molecule has 0 heterocycles. The Labute approximate surface area is 522 Å². The summed E-state index contributed by atoms with van der Waals surface area (Å²) in [5, 5.41) is 21.9. The maximum Gasteiger partial charge on any atom is 2.00 e. The average Bonchev–Trinajstić information content (AvgIpc) is 3.42. The summed E-state index contributed by atoms with van der Waals surface area (Å²) in [7, 11) is 0. The first-order chi connectivity index (χ1) is 38.2. The van der Waals surface area contributed by atoms with Crippen LogP contribution in [-0.4, -0.2) is 73.8 Å². The summed E-state index contributed by atoms with van der Waals surface area (Å²) >= 11 is 0. The third-order valence-corrected chi connectivity index (χ3v) is 16.2. The minimum absolute atomic E-state index is 0. The molecule has 0 rings (SSSR count). The molecule has 0 aromatic carbocycles. The van der Waals surface area contributed by atoms with Crippen LogP contribution in [0.2, 0.25) is 0 Å². The van der Waals surface area contributed by atoms with Crippen molar-refractivity contribution in [2.45, 2.75) is 425 Å². The Morgan fingerprint density at radius 3 is 0.582 bits per heavy atom. The monoisotopic (exact) mass is 1140 g/mol. The molecule has 0 aliphatic carbocycles. The van der Waals surface area contributed by atoms with Gasteiger partial charge in [-0.3, -0.25) is 9.59 Å². The van der Waals surface area contributed by atoms with Crippen molar-refractivity contribution >= 4 is 61.6 Å². The predicted octanol–water partition coefficient (Wildman–Crippen LogP) is 20.4. The Morgan fingerprint density at radius 2 is 0.405 bits per heavy atom. The second-order valence-electron chi connectivity index (χ2n) is 24.1. The molecule has 0 fully saturated rings. The predicted molar refractivity (Wildman–Crippen MR) is 335 cm³/mol. The van der Waals surface area contributed by atoms with E-state index < -0.39 is 11.9 Å². The van der Waals surface area contributed by atoms with E-state index in [1.807, 2.05) is 0 Å². The van der Waals surface area contributed by atoms with Gasteiger partial charge in [0.2, 0.25) is 0 Å². The minimum atomic E-state index is -1.06. The largest absolute Gasteiger partial charge is 2.00 e. The van der Waals surface area contributed by atoms with E-state index in [4.69, 9.17) is 9.47 Å². The molecule has 0 aromatic rings. The number of carbonyl (C=O) groups is 4. The Balaban J connectivity index is -0.00000144. The first kappa shape index (κ1) is 82.4. The Morgan fingerprint density at radius 1 is 0.241 bits per heavy atom. The number of hydrogen-bond acceptors (Lipinski definition) is 8. The summed E-state index contributed by atoms with van der Waals surface area (Å²) in [6.07, 6.45) is 69.9. The molecule has 2 unspecified atom stereocenters. The zero-order chi connectivity index (χ0) is 57.3.